The molecule has 1 amide bonds. The van der Waals surface area contributed by atoms with E-state index in [2.05, 4.69) is 19.2 Å². The van der Waals surface area contributed by atoms with E-state index in [9.17, 15) is 4.79 Å². The van der Waals surface area contributed by atoms with Crippen LogP contribution in [0.15, 0.2) is 18.2 Å². The molecule has 0 saturated carbocycles. The lowest BCUT2D eigenvalue weighted by molar-refractivity contribution is -0.117. The molecule has 5 heteroatoms. The van der Waals surface area contributed by atoms with Gasteiger partial charge >= 0.3 is 0 Å². The summed E-state index contributed by atoms with van der Waals surface area (Å²) >= 11 is 7.21. The Hall–Kier alpha value is -0.840. The topological polar surface area (TPSA) is 49.3 Å². The van der Waals surface area contributed by atoms with Crippen molar-refractivity contribution in [1.82, 2.24) is 5.32 Å². The molecule has 18 heavy (non-hydrogen) atoms. The Bertz CT molecular complexity index is 415. The molecule has 0 bridgehead atoms. The van der Waals surface area contributed by atoms with Crippen LogP contribution in [-0.2, 0) is 4.79 Å². The quantitative estimate of drug-likeness (QED) is 0.791. The highest BCUT2D eigenvalue weighted by atomic mass is 35.5. The predicted octanol–water partition coefficient (Wildman–Crippen LogP) is 2.94. The number of thiophene rings is 1. The third kappa shape index (κ3) is 5.67. The summed E-state index contributed by atoms with van der Waals surface area (Å²) in [4.78, 5) is 12.6. The maximum Gasteiger partial charge on any atom is 0.244 e. The summed E-state index contributed by atoms with van der Waals surface area (Å²) in [6.07, 6.45) is 3.95. The molecule has 1 atom stereocenters. The Morgan fingerprint density at radius 2 is 2.28 bits per heavy atom. The van der Waals surface area contributed by atoms with E-state index in [0.717, 1.165) is 11.3 Å². The van der Waals surface area contributed by atoms with E-state index < -0.39 is 0 Å². The molecule has 0 aliphatic heterocycles. The van der Waals surface area contributed by atoms with E-state index >= 15 is 0 Å². The van der Waals surface area contributed by atoms with Crippen molar-refractivity contribution in [3.05, 3.63) is 27.4 Å². The number of rotatable bonds is 6. The fourth-order valence-electron chi connectivity index (χ4n) is 1.57. The first-order chi connectivity index (χ1) is 8.51. The SMILES string of the molecule is CC(C)CC(CO)NC(=O)C=Cc1ccc(Cl)s1. The monoisotopic (exact) mass is 287 g/mol. The van der Waals surface area contributed by atoms with Crippen LogP contribution in [0.25, 0.3) is 6.08 Å². The average molecular weight is 288 g/mol. The minimum Gasteiger partial charge on any atom is -0.394 e. The van der Waals surface area contributed by atoms with Gasteiger partial charge in [0.15, 0.2) is 0 Å². The van der Waals surface area contributed by atoms with Crippen molar-refractivity contribution in [3.63, 3.8) is 0 Å². The molecule has 1 unspecified atom stereocenters. The average Bonchev–Trinajstić information content (AvgIpc) is 2.71. The van der Waals surface area contributed by atoms with Crippen molar-refractivity contribution in [3.8, 4) is 0 Å². The number of carbonyl (C=O) groups excluding carboxylic acids is 1. The molecule has 0 fully saturated rings. The van der Waals surface area contributed by atoms with Gasteiger partial charge in [-0.3, -0.25) is 4.79 Å². The number of hydrogen-bond acceptors (Lipinski definition) is 3. The molecule has 0 spiro atoms. The van der Waals surface area contributed by atoms with E-state index in [1.807, 2.05) is 6.07 Å². The standard InChI is InChI=1S/C13H18ClNO2S/c1-9(2)7-10(8-16)15-13(17)6-4-11-3-5-12(14)18-11/h3-6,9-10,16H,7-8H2,1-2H3,(H,15,17). The summed E-state index contributed by atoms with van der Waals surface area (Å²) in [6.45, 7) is 4.07. The third-order valence-electron chi connectivity index (χ3n) is 2.32. The van der Waals surface area contributed by atoms with Crippen molar-refractivity contribution in [2.45, 2.75) is 26.3 Å². The van der Waals surface area contributed by atoms with Crippen LogP contribution in [0.4, 0.5) is 0 Å². The second-order valence-electron chi connectivity index (χ2n) is 4.49. The Labute approximate surface area is 116 Å². The van der Waals surface area contributed by atoms with Crippen molar-refractivity contribution in [2.24, 2.45) is 5.92 Å². The van der Waals surface area contributed by atoms with Gasteiger partial charge in [0.1, 0.15) is 0 Å². The predicted molar refractivity (Wildman–Crippen MR) is 76.8 cm³/mol. The molecule has 1 heterocycles. The number of carbonyl (C=O) groups is 1. The molecule has 2 N–H and O–H groups in total. The first-order valence-corrected chi connectivity index (χ1v) is 7.05. The summed E-state index contributed by atoms with van der Waals surface area (Å²) in [5.41, 5.74) is 0. The second-order valence-corrected chi connectivity index (χ2v) is 6.24. The minimum atomic E-state index is -0.195. The maximum atomic E-state index is 11.6. The van der Waals surface area contributed by atoms with Crippen LogP contribution in [0.1, 0.15) is 25.1 Å². The van der Waals surface area contributed by atoms with Gasteiger partial charge in [-0.15, -0.1) is 11.3 Å². The number of amides is 1. The number of aliphatic hydroxyl groups excluding tert-OH is 1. The highest BCUT2D eigenvalue weighted by molar-refractivity contribution is 7.17. The number of nitrogens with one attached hydrogen (secondary N) is 1. The van der Waals surface area contributed by atoms with Gasteiger partial charge in [-0.05, 0) is 30.5 Å². The van der Waals surface area contributed by atoms with Gasteiger partial charge in [-0.25, -0.2) is 0 Å². The Kier molecular flexibility index (Phi) is 6.39. The van der Waals surface area contributed by atoms with Crippen molar-refractivity contribution >= 4 is 34.9 Å². The Morgan fingerprint density at radius 3 is 2.78 bits per heavy atom. The second kappa shape index (κ2) is 7.56. The molecule has 0 aliphatic rings. The van der Waals surface area contributed by atoms with E-state index in [4.69, 9.17) is 16.7 Å². The molecular weight excluding hydrogens is 270 g/mol. The summed E-state index contributed by atoms with van der Waals surface area (Å²) < 4.78 is 0.697. The fraction of sp³-hybridized carbons (Fsp3) is 0.462. The van der Waals surface area contributed by atoms with E-state index in [0.29, 0.717) is 10.3 Å². The smallest absolute Gasteiger partial charge is 0.244 e. The molecule has 1 aromatic heterocycles. The summed E-state index contributed by atoms with van der Waals surface area (Å²) in [5, 5.41) is 11.9. The third-order valence-corrected chi connectivity index (χ3v) is 3.51. The maximum absolute atomic E-state index is 11.6. The molecule has 100 valence electrons. The van der Waals surface area contributed by atoms with Crippen LogP contribution in [0.5, 0.6) is 0 Å². The summed E-state index contributed by atoms with van der Waals surface area (Å²) in [5.74, 6) is 0.238. The van der Waals surface area contributed by atoms with Crippen molar-refractivity contribution in [1.29, 1.82) is 0 Å². The largest absolute Gasteiger partial charge is 0.394 e. The first-order valence-electron chi connectivity index (χ1n) is 5.86. The Balaban J connectivity index is 2.47. The van der Waals surface area contributed by atoms with E-state index in [-0.39, 0.29) is 18.6 Å². The van der Waals surface area contributed by atoms with Crippen LogP contribution in [0.3, 0.4) is 0 Å². The zero-order chi connectivity index (χ0) is 13.5. The summed E-state index contributed by atoms with van der Waals surface area (Å²) in [6, 6.07) is 3.46. The lowest BCUT2D eigenvalue weighted by atomic mass is 10.0. The minimum absolute atomic E-state index is 0.0391. The first kappa shape index (κ1) is 15.2. The lowest BCUT2D eigenvalue weighted by Crippen LogP contribution is -2.37. The highest BCUT2D eigenvalue weighted by Gasteiger charge is 2.11. The van der Waals surface area contributed by atoms with Gasteiger partial charge in [0.2, 0.25) is 5.91 Å². The van der Waals surface area contributed by atoms with Gasteiger partial charge < -0.3 is 10.4 Å². The van der Waals surface area contributed by atoms with Crippen molar-refractivity contribution in [2.75, 3.05) is 6.61 Å². The number of halogens is 1. The van der Waals surface area contributed by atoms with Crippen molar-refractivity contribution < 1.29 is 9.90 Å². The summed E-state index contributed by atoms with van der Waals surface area (Å²) in [7, 11) is 0. The van der Waals surface area contributed by atoms with Crippen LogP contribution < -0.4 is 5.32 Å². The van der Waals surface area contributed by atoms with E-state index in [1.54, 1.807) is 12.1 Å². The molecule has 0 saturated heterocycles. The van der Waals surface area contributed by atoms with Crippen LogP contribution in [0.2, 0.25) is 4.34 Å². The molecule has 0 radical (unpaired) electrons. The van der Waals surface area contributed by atoms with Gasteiger partial charge in [0.25, 0.3) is 0 Å². The van der Waals surface area contributed by atoms with E-state index in [1.165, 1.54) is 17.4 Å². The van der Waals surface area contributed by atoms with Crippen LogP contribution in [0, 0.1) is 5.92 Å². The molecule has 3 nitrogen and oxygen atoms in total. The zero-order valence-corrected chi connectivity index (χ0v) is 12.1. The number of aliphatic hydroxyl groups is 1. The number of hydrogen-bond donors (Lipinski definition) is 2. The van der Waals surface area contributed by atoms with Gasteiger partial charge in [0.05, 0.1) is 17.0 Å². The molecular formula is C13H18ClNO2S. The van der Waals surface area contributed by atoms with Crippen LogP contribution in [-0.4, -0.2) is 23.7 Å². The van der Waals surface area contributed by atoms with Crippen LogP contribution >= 0.6 is 22.9 Å². The normalized spacial score (nSPS) is 13.2. The Morgan fingerprint density at radius 1 is 1.56 bits per heavy atom. The highest BCUT2D eigenvalue weighted by Crippen LogP contribution is 2.22. The van der Waals surface area contributed by atoms with Gasteiger partial charge in [0, 0.05) is 11.0 Å². The van der Waals surface area contributed by atoms with Gasteiger partial charge in [-0.1, -0.05) is 25.4 Å². The zero-order valence-electron chi connectivity index (χ0n) is 10.5. The molecule has 0 aliphatic carbocycles. The molecule has 1 aromatic rings. The molecule has 0 aromatic carbocycles. The molecule has 1 rings (SSSR count). The van der Waals surface area contributed by atoms with Gasteiger partial charge in [-0.2, -0.15) is 0 Å². The fourth-order valence-corrected chi connectivity index (χ4v) is 2.54. The lowest BCUT2D eigenvalue weighted by Gasteiger charge is -2.16.